The highest BCUT2D eigenvalue weighted by Gasteiger charge is 2.52. The van der Waals surface area contributed by atoms with E-state index >= 15 is 0 Å². The van der Waals surface area contributed by atoms with Crippen LogP contribution in [0.5, 0.6) is 0 Å². The van der Waals surface area contributed by atoms with Crippen molar-refractivity contribution in [1.82, 2.24) is 0 Å². The summed E-state index contributed by atoms with van der Waals surface area (Å²) in [6.45, 7) is 9.89. The van der Waals surface area contributed by atoms with E-state index in [1.165, 1.54) is 61.5 Å². The molecule has 62 heavy (non-hydrogen) atoms. The Labute approximate surface area is 370 Å². The van der Waals surface area contributed by atoms with Gasteiger partial charge < -0.3 is 4.90 Å². The van der Waals surface area contributed by atoms with Crippen molar-refractivity contribution in [3.05, 3.63) is 262 Å². The smallest absolute Gasteiger partial charge is 0.0595 e. The number of allylic oxidation sites excluding steroid dienone is 8. The number of fused-ring (bicyclic) bond motifs is 5. The molecule has 0 spiro atoms. The van der Waals surface area contributed by atoms with Gasteiger partial charge in [0.05, 0.1) is 8.16 Å². The first-order valence-corrected chi connectivity index (χ1v) is 22.2. The Kier molecular flexibility index (Phi) is 10.0. The Hall–Kier alpha value is -6.96. The fraction of sp³-hybridized carbons (Fsp3) is 0.148. The van der Waals surface area contributed by atoms with Crippen LogP contribution in [0.3, 0.4) is 0 Å². The van der Waals surface area contributed by atoms with E-state index in [2.05, 4.69) is 176 Å². The van der Waals surface area contributed by atoms with Crippen LogP contribution >= 0.6 is 0 Å². The van der Waals surface area contributed by atoms with E-state index in [0.717, 1.165) is 72.2 Å². The molecule has 0 fully saturated rings. The number of anilines is 2. The minimum Gasteiger partial charge on any atom is -0.317 e. The molecule has 0 amide bonds. The second kappa shape index (κ2) is 16.8. The van der Waals surface area contributed by atoms with Gasteiger partial charge in [0.1, 0.15) is 0 Å². The molecular formula is C61H53N. The summed E-state index contributed by atoms with van der Waals surface area (Å²) in [6.07, 6.45) is 27.8. The average molecular weight is 802 g/mol. The van der Waals surface area contributed by atoms with E-state index in [1.807, 2.05) is 36.6 Å². The predicted molar refractivity (Wildman–Crippen MR) is 265 cm³/mol. The van der Waals surface area contributed by atoms with Gasteiger partial charge in [0.25, 0.3) is 0 Å². The highest BCUT2D eigenvalue weighted by molar-refractivity contribution is 5.84. The topological polar surface area (TPSA) is 3.24 Å². The molecule has 3 unspecified atom stereocenters. The van der Waals surface area contributed by atoms with Gasteiger partial charge in [0.15, 0.2) is 0 Å². The van der Waals surface area contributed by atoms with Crippen LogP contribution < -0.4 is 15.3 Å². The molecule has 0 saturated carbocycles. The molecule has 0 bridgehead atoms. The van der Waals surface area contributed by atoms with Gasteiger partial charge >= 0.3 is 0 Å². The summed E-state index contributed by atoms with van der Waals surface area (Å²) in [5, 5.41) is 2.59. The Morgan fingerprint density at radius 2 is 1.44 bits per heavy atom. The summed E-state index contributed by atoms with van der Waals surface area (Å²) in [4.78, 5) is 2.19. The standard InChI is InChI=1S/C61H53N/c1-4-19-47(5-2)61(48-23-8-7-9-24-48)59-31-17-16-29-57(59)51(6-3)60(61)40-41-62(49-36-32-44(33-37-49)53-30-18-22-43-20-10-12-25-52(43)53)50-38-34-45(35-39-50)58-42-46-21-11-13-26-54(46)55-27-14-15-28-56(55)58/h4-12,15-17,19-25,28-29,31-42,51,60H,1-3,13-14,18,26-27,30H2/b41-40+,47-19+/i3D,40D/b6-3?,41-40+,47-19+. The summed E-state index contributed by atoms with van der Waals surface area (Å²) in [7, 11) is 0. The van der Waals surface area contributed by atoms with Crippen molar-refractivity contribution in [2.24, 2.45) is 5.92 Å². The van der Waals surface area contributed by atoms with Gasteiger partial charge in [-0.1, -0.05) is 177 Å². The third-order valence-corrected chi connectivity index (χ3v) is 13.7. The van der Waals surface area contributed by atoms with E-state index in [0.29, 0.717) is 6.05 Å². The lowest BCUT2D eigenvalue weighted by Crippen LogP contribution is -2.35. The molecule has 1 nitrogen and oxygen atoms in total. The highest BCUT2D eigenvalue weighted by atomic mass is 15.1. The minimum absolute atomic E-state index is 0.255. The first-order valence-electron chi connectivity index (χ1n) is 23.3. The maximum atomic E-state index is 10.5. The molecule has 302 valence electrons. The lowest BCUT2D eigenvalue weighted by molar-refractivity contribution is 0.458. The minimum atomic E-state index is -0.791. The number of benzene rings is 6. The predicted octanol–water partition coefficient (Wildman–Crippen LogP) is 13.9. The summed E-state index contributed by atoms with van der Waals surface area (Å²) in [5.41, 5.74) is 16.1. The highest BCUT2D eigenvalue weighted by Crippen LogP contribution is 2.59. The summed E-state index contributed by atoms with van der Waals surface area (Å²) < 4.78 is 18.9. The first-order chi connectivity index (χ1) is 31.5. The van der Waals surface area contributed by atoms with Crippen molar-refractivity contribution >= 4 is 35.2 Å². The van der Waals surface area contributed by atoms with Crippen LogP contribution in [0.25, 0.3) is 34.9 Å². The Morgan fingerprint density at radius 1 is 0.726 bits per heavy atom. The normalized spacial score (nSPS) is 20.6. The lowest BCUT2D eigenvalue weighted by atomic mass is 9.63. The summed E-state index contributed by atoms with van der Waals surface area (Å²) >= 11 is 0. The second-order valence-corrected chi connectivity index (χ2v) is 16.9. The molecule has 6 aromatic carbocycles. The van der Waals surface area contributed by atoms with Gasteiger partial charge in [-0.3, -0.25) is 0 Å². The largest absolute Gasteiger partial charge is 0.317 e. The monoisotopic (exact) mass is 801 g/mol. The third kappa shape index (κ3) is 6.64. The molecule has 4 aliphatic carbocycles. The number of rotatable bonds is 11. The van der Waals surface area contributed by atoms with E-state index in [1.54, 1.807) is 0 Å². The van der Waals surface area contributed by atoms with E-state index < -0.39 is 11.3 Å². The molecular weight excluding hydrogens is 747 g/mol. The van der Waals surface area contributed by atoms with E-state index in [-0.39, 0.29) is 5.92 Å². The Balaban J connectivity index is 1.15. The van der Waals surface area contributed by atoms with Gasteiger partial charge in [0.2, 0.25) is 0 Å². The maximum absolute atomic E-state index is 10.5. The molecule has 10 rings (SSSR count). The van der Waals surface area contributed by atoms with E-state index in [4.69, 9.17) is 1.37 Å². The third-order valence-electron chi connectivity index (χ3n) is 13.7. The van der Waals surface area contributed by atoms with Crippen LogP contribution in [0, 0.1) is 5.92 Å². The van der Waals surface area contributed by atoms with E-state index in [9.17, 15) is 1.37 Å². The van der Waals surface area contributed by atoms with Crippen LogP contribution in [0.4, 0.5) is 11.4 Å². The van der Waals surface area contributed by atoms with Crippen LogP contribution in [-0.2, 0) is 18.3 Å². The van der Waals surface area contributed by atoms with Crippen LogP contribution in [0.2, 0.25) is 0 Å². The van der Waals surface area contributed by atoms with Gasteiger partial charge in [-0.15, -0.1) is 6.55 Å². The molecule has 0 saturated heterocycles. The number of hydrogen-bond acceptors (Lipinski definition) is 1. The zero-order valence-corrected chi connectivity index (χ0v) is 35.3. The number of hydrogen-bond donors (Lipinski definition) is 0. The van der Waals surface area contributed by atoms with Crippen LogP contribution in [0.1, 0.15) is 78.9 Å². The van der Waals surface area contributed by atoms with Gasteiger partial charge in [-0.2, -0.15) is 0 Å². The fourth-order valence-electron chi connectivity index (χ4n) is 10.9. The first kappa shape index (κ1) is 36.9. The molecule has 0 radical (unpaired) electrons. The summed E-state index contributed by atoms with van der Waals surface area (Å²) in [6, 6.07) is 48.4. The quantitative estimate of drug-likeness (QED) is 0.0932. The van der Waals surface area contributed by atoms with Crippen molar-refractivity contribution in [3.63, 3.8) is 0 Å². The van der Waals surface area contributed by atoms with Crippen molar-refractivity contribution in [2.45, 2.75) is 49.9 Å². The zero-order chi connectivity index (χ0) is 43.6. The zero-order valence-electron chi connectivity index (χ0n) is 37.3. The maximum Gasteiger partial charge on any atom is 0.0595 e. The van der Waals surface area contributed by atoms with Crippen molar-refractivity contribution in [1.29, 1.82) is 0 Å². The Bertz CT molecular complexity index is 3050. The SMILES string of the molecule is [2H]C=CC1c2ccccc2C(/C(C=C)=C/C=C)(c2ccccc2)C1/C([2H])=C/N(c1ccc(C2=c3ccccc3=CCC2)cc1)c1ccc(-c2cc3c(c4c2C=CCC4)CCC=C3)cc1. The molecule has 0 aromatic heterocycles. The van der Waals surface area contributed by atoms with Crippen molar-refractivity contribution < 1.29 is 2.74 Å². The Morgan fingerprint density at radius 3 is 2.21 bits per heavy atom. The molecule has 6 aromatic rings. The molecule has 0 heterocycles. The average Bonchev–Trinajstić information content (AvgIpc) is 3.65. The van der Waals surface area contributed by atoms with Gasteiger partial charge in [-0.05, 0) is 146 Å². The number of nitrogens with zero attached hydrogens (tertiary/aromatic N) is 1. The van der Waals surface area contributed by atoms with Gasteiger partial charge in [0, 0.05) is 29.4 Å². The summed E-state index contributed by atoms with van der Waals surface area (Å²) in [5.74, 6) is -0.680. The van der Waals surface area contributed by atoms with Gasteiger partial charge in [-0.25, -0.2) is 0 Å². The fourth-order valence-corrected chi connectivity index (χ4v) is 10.9. The molecule has 0 N–H and O–H groups in total. The molecule has 4 aliphatic rings. The van der Waals surface area contributed by atoms with Crippen LogP contribution in [-0.4, -0.2) is 0 Å². The van der Waals surface area contributed by atoms with Crippen molar-refractivity contribution in [3.8, 4) is 11.1 Å². The second-order valence-electron chi connectivity index (χ2n) is 16.9. The van der Waals surface area contributed by atoms with Crippen molar-refractivity contribution in [2.75, 3.05) is 4.90 Å². The molecule has 3 atom stereocenters. The molecule has 1 heteroatoms. The molecule has 0 aliphatic heterocycles. The van der Waals surface area contributed by atoms with Crippen LogP contribution in [0.15, 0.2) is 207 Å². The lowest BCUT2D eigenvalue weighted by Gasteiger charge is -2.39.